The second-order valence-electron chi connectivity index (χ2n) is 4.04. The highest BCUT2D eigenvalue weighted by atomic mass is 32.2. The molecule has 5 heteroatoms. The topological polar surface area (TPSA) is 56.7 Å². The Labute approximate surface area is 105 Å². The fourth-order valence-electron chi connectivity index (χ4n) is 1.55. The summed E-state index contributed by atoms with van der Waals surface area (Å²) in [7, 11) is 1.99. The highest BCUT2D eigenvalue weighted by Crippen LogP contribution is 2.26. The van der Waals surface area contributed by atoms with Crippen LogP contribution in [-0.4, -0.2) is 14.8 Å². The van der Waals surface area contributed by atoms with Crippen LogP contribution in [0.4, 0.5) is 5.69 Å². The normalized spacial score (nSPS) is 10.8. The van der Waals surface area contributed by atoms with E-state index in [9.17, 15) is 0 Å². The summed E-state index contributed by atoms with van der Waals surface area (Å²) in [5.74, 6) is 2.75. The lowest BCUT2D eigenvalue weighted by Crippen LogP contribution is -1.98. The smallest absolute Gasteiger partial charge is 0.143 e. The van der Waals surface area contributed by atoms with Gasteiger partial charge in [0.25, 0.3) is 0 Å². The van der Waals surface area contributed by atoms with Gasteiger partial charge in [0.15, 0.2) is 0 Å². The minimum Gasteiger partial charge on any atom is -0.399 e. The van der Waals surface area contributed by atoms with Gasteiger partial charge in [-0.3, -0.25) is 0 Å². The average Bonchev–Trinajstić information content (AvgIpc) is 2.59. The summed E-state index contributed by atoms with van der Waals surface area (Å²) < 4.78 is 2.01. The molecular formula is C12H16N4S. The maximum Gasteiger partial charge on any atom is 0.143 e. The van der Waals surface area contributed by atoms with E-state index in [0.717, 1.165) is 23.1 Å². The summed E-state index contributed by atoms with van der Waals surface area (Å²) >= 11 is 1.76. The maximum absolute atomic E-state index is 5.73. The van der Waals surface area contributed by atoms with Gasteiger partial charge >= 0.3 is 0 Å². The Morgan fingerprint density at radius 1 is 1.29 bits per heavy atom. The molecule has 4 nitrogen and oxygen atoms in total. The first-order valence-corrected chi connectivity index (χ1v) is 6.40. The maximum atomic E-state index is 5.73. The summed E-state index contributed by atoms with van der Waals surface area (Å²) in [4.78, 5) is 1.24. The van der Waals surface area contributed by atoms with Gasteiger partial charge in [-0.25, -0.2) is 0 Å². The third kappa shape index (κ3) is 2.61. The van der Waals surface area contributed by atoms with Gasteiger partial charge in [0.05, 0.1) is 5.75 Å². The highest BCUT2D eigenvalue weighted by Gasteiger charge is 2.06. The number of nitrogens with two attached hydrogens (primary N) is 1. The van der Waals surface area contributed by atoms with E-state index in [2.05, 4.69) is 23.2 Å². The van der Waals surface area contributed by atoms with E-state index in [-0.39, 0.29) is 0 Å². The first-order chi connectivity index (χ1) is 8.08. The molecule has 0 saturated carbocycles. The van der Waals surface area contributed by atoms with Crippen molar-refractivity contribution >= 4 is 17.4 Å². The summed E-state index contributed by atoms with van der Waals surface area (Å²) in [6, 6.07) is 5.97. The van der Waals surface area contributed by atoms with Crippen molar-refractivity contribution in [3.05, 3.63) is 35.4 Å². The lowest BCUT2D eigenvalue weighted by Gasteiger charge is -2.06. The van der Waals surface area contributed by atoms with Crippen LogP contribution in [0.25, 0.3) is 0 Å². The molecule has 1 aromatic heterocycles. The van der Waals surface area contributed by atoms with Gasteiger partial charge in [-0.2, -0.15) is 0 Å². The van der Waals surface area contributed by atoms with Crippen LogP contribution in [0.5, 0.6) is 0 Å². The van der Waals surface area contributed by atoms with E-state index >= 15 is 0 Å². The third-order valence-electron chi connectivity index (χ3n) is 2.74. The number of aryl methyl sites for hydroxylation is 2. The van der Waals surface area contributed by atoms with Crippen molar-refractivity contribution in [3.8, 4) is 0 Å². The first kappa shape index (κ1) is 12.0. The lowest BCUT2D eigenvalue weighted by molar-refractivity contribution is 0.816. The van der Waals surface area contributed by atoms with E-state index in [1.165, 1.54) is 10.5 Å². The number of anilines is 1. The Morgan fingerprint density at radius 3 is 2.65 bits per heavy atom. The molecule has 0 unspecified atom stereocenters. The van der Waals surface area contributed by atoms with Crippen LogP contribution in [0.3, 0.4) is 0 Å². The molecule has 0 fully saturated rings. The minimum absolute atomic E-state index is 0.807. The van der Waals surface area contributed by atoms with Crippen molar-refractivity contribution in [1.29, 1.82) is 0 Å². The molecule has 2 rings (SSSR count). The van der Waals surface area contributed by atoms with Crippen LogP contribution < -0.4 is 5.73 Å². The average molecular weight is 248 g/mol. The SMILES string of the molecule is Cc1cc(N)ccc1SCc1nnc(C)n1C. The summed E-state index contributed by atoms with van der Waals surface area (Å²) in [6.45, 7) is 4.02. The monoisotopic (exact) mass is 248 g/mol. The number of aromatic nitrogens is 3. The van der Waals surface area contributed by atoms with Crippen LogP contribution in [0.1, 0.15) is 17.2 Å². The van der Waals surface area contributed by atoms with E-state index in [4.69, 9.17) is 5.73 Å². The van der Waals surface area contributed by atoms with Gasteiger partial charge in [0.1, 0.15) is 11.6 Å². The zero-order valence-electron chi connectivity index (χ0n) is 10.3. The van der Waals surface area contributed by atoms with E-state index in [1.807, 2.05) is 30.7 Å². The molecular weight excluding hydrogens is 232 g/mol. The molecule has 0 bridgehead atoms. The van der Waals surface area contributed by atoms with Gasteiger partial charge in [-0.1, -0.05) is 0 Å². The molecule has 0 amide bonds. The van der Waals surface area contributed by atoms with E-state index < -0.39 is 0 Å². The number of thioether (sulfide) groups is 1. The van der Waals surface area contributed by atoms with Gasteiger partial charge < -0.3 is 10.3 Å². The first-order valence-electron chi connectivity index (χ1n) is 5.41. The quantitative estimate of drug-likeness (QED) is 0.669. The molecule has 90 valence electrons. The van der Waals surface area contributed by atoms with E-state index in [1.54, 1.807) is 11.8 Å². The fraction of sp³-hybridized carbons (Fsp3) is 0.333. The van der Waals surface area contributed by atoms with Crippen molar-refractivity contribution in [1.82, 2.24) is 14.8 Å². The van der Waals surface area contributed by atoms with Crippen LogP contribution in [0.2, 0.25) is 0 Å². The second kappa shape index (κ2) is 4.79. The molecule has 1 heterocycles. The fourth-order valence-corrected chi connectivity index (χ4v) is 2.54. The van der Waals surface area contributed by atoms with Gasteiger partial charge in [0, 0.05) is 17.6 Å². The Kier molecular flexibility index (Phi) is 3.38. The summed E-state index contributed by atoms with van der Waals surface area (Å²) in [5, 5.41) is 8.19. The molecule has 0 spiro atoms. The molecule has 0 aliphatic rings. The molecule has 2 aromatic rings. The lowest BCUT2D eigenvalue weighted by atomic mass is 10.2. The number of nitrogens with zero attached hydrogens (tertiary/aromatic N) is 3. The van der Waals surface area contributed by atoms with E-state index in [0.29, 0.717) is 0 Å². The molecule has 0 saturated heterocycles. The van der Waals surface area contributed by atoms with Crippen LogP contribution in [-0.2, 0) is 12.8 Å². The summed E-state index contributed by atoms with van der Waals surface area (Å²) in [6.07, 6.45) is 0. The standard InChI is InChI=1S/C12H16N4S/c1-8-6-10(13)4-5-11(8)17-7-12-15-14-9(2)16(12)3/h4-6H,7,13H2,1-3H3. The summed E-state index contributed by atoms with van der Waals surface area (Å²) in [5.41, 5.74) is 7.74. The molecule has 0 aliphatic carbocycles. The van der Waals surface area contributed by atoms with Gasteiger partial charge in [0.2, 0.25) is 0 Å². The zero-order valence-corrected chi connectivity index (χ0v) is 11.1. The van der Waals surface area contributed by atoms with Crippen LogP contribution >= 0.6 is 11.8 Å². The molecule has 0 atom stereocenters. The predicted molar refractivity (Wildman–Crippen MR) is 70.9 cm³/mol. The van der Waals surface area contributed by atoms with Crippen LogP contribution in [0.15, 0.2) is 23.1 Å². The zero-order chi connectivity index (χ0) is 12.4. The molecule has 0 radical (unpaired) electrons. The minimum atomic E-state index is 0.807. The molecule has 17 heavy (non-hydrogen) atoms. The second-order valence-corrected chi connectivity index (χ2v) is 5.05. The van der Waals surface area contributed by atoms with Crippen molar-refractivity contribution < 1.29 is 0 Å². The largest absolute Gasteiger partial charge is 0.399 e. The van der Waals surface area contributed by atoms with Gasteiger partial charge in [-0.05, 0) is 37.6 Å². The number of nitrogen functional groups attached to an aromatic ring is 1. The number of hydrogen-bond donors (Lipinski definition) is 1. The Hall–Kier alpha value is -1.49. The Morgan fingerprint density at radius 2 is 2.06 bits per heavy atom. The Bertz CT molecular complexity index is 533. The third-order valence-corrected chi connectivity index (χ3v) is 3.91. The van der Waals surface area contributed by atoms with Crippen molar-refractivity contribution in [2.75, 3.05) is 5.73 Å². The Balaban J connectivity index is 2.10. The van der Waals surface area contributed by atoms with Crippen molar-refractivity contribution in [2.24, 2.45) is 7.05 Å². The molecule has 2 N–H and O–H groups in total. The van der Waals surface area contributed by atoms with Crippen molar-refractivity contribution in [3.63, 3.8) is 0 Å². The molecule has 1 aromatic carbocycles. The number of rotatable bonds is 3. The van der Waals surface area contributed by atoms with Gasteiger partial charge in [-0.15, -0.1) is 22.0 Å². The van der Waals surface area contributed by atoms with Crippen LogP contribution in [0, 0.1) is 13.8 Å². The van der Waals surface area contributed by atoms with Crippen molar-refractivity contribution in [2.45, 2.75) is 24.5 Å². The number of benzene rings is 1. The highest BCUT2D eigenvalue weighted by molar-refractivity contribution is 7.98. The number of hydrogen-bond acceptors (Lipinski definition) is 4. The predicted octanol–water partition coefficient (Wildman–Crippen LogP) is 2.31. The molecule has 0 aliphatic heterocycles.